The van der Waals surface area contributed by atoms with E-state index in [9.17, 15) is 9.59 Å². The van der Waals surface area contributed by atoms with Gasteiger partial charge in [-0.3, -0.25) is 9.59 Å². The highest BCUT2D eigenvalue weighted by molar-refractivity contribution is 5.79. The van der Waals surface area contributed by atoms with Crippen LogP contribution in [-0.2, 0) is 9.59 Å². The maximum Gasteiger partial charge on any atom is 0.306 e. The van der Waals surface area contributed by atoms with Crippen molar-refractivity contribution in [2.75, 3.05) is 6.54 Å². The lowest BCUT2D eigenvalue weighted by molar-refractivity contribution is -0.144. The normalized spacial score (nSPS) is 25.8. The van der Waals surface area contributed by atoms with Gasteiger partial charge in [-0.1, -0.05) is 20.8 Å². The Bertz CT molecular complexity index is 293. The van der Waals surface area contributed by atoms with Crippen LogP contribution in [0.1, 0.15) is 46.5 Å². The van der Waals surface area contributed by atoms with E-state index >= 15 is 0 Å². The summed E-state index contributed by atoms with van der Waals surface area (Å²) in [4.78, 5) is 22.8. The molecule has 1 fully saturated rings. The van der Waals surface area contributed by atoms with E-state index in [4.69, 9.17) is 5.11 Å². The van der Waals surface area contributed by atoms with E-state index in [1.165, 1.54) is 0 Å². The molecule has 1 atom stereocenters. The molecule has 1 saturated carbocycles. The molecule has 0 aromatic heterocycles. The van der Waals surface area contributed by atoms with E-state index in [1.807, 2.05) is 0 Å². The molecule has 104 valence electrons. The molecular weight excluding hydrogens is 230 g/mol. The average molecular weight is 255 g/mol. The molecule has 4 heteroatoms. The Labute approximate surface area is 109 Å². The second-order valence-electron chi connectivity index (χ2n) is 5.85. The van der Waals surface area contributed by atoms with Gasteiger partial charge < -0.3 is 10.4 Å². The molecule has 0 aromatic rings. The number of rotatable bonds is 5. The van der Waals surface area contributed by atoms with E-state index in [0.717, 1.165) is 6.54 Å². The van der Waals surface area contributed by atoms with Gasteiger partial charge in [0.05, 0.1) is 5.92 Å². The summed E-state index contributed by atoms with van der Waals surface area (Å²) in [5, 5.41) is 11.9. The molecule has 18 heavy (non-hydrogen) atoms. The number of hydrogen-bond donors (Lipinski definition) is 2. The van der Waals surface area contributed by atoms with Crippen LogP contribution in [0.5, 0.6) is 0 Å². The molecule has 0 aliphatic heterocycles. The second kappa shape index (κ2) is 6.76. The molecule has 0 spiro atoms. The van der Waals surface area contributed by atoms with Crippen LogP contribution in [0.25, 0.3) is 0 Å². The summed E-state index contributed by atoms with van der Waals surface area (Å²) >= 11 is 0. The molecular formula is C14H25NO3. The zero-order chi connectivity index (χ0) is 13.7. The molecule has 4 nitrogen and oxygen atoms in total. The molecule has 1 unspecified atom stereocenters. The predicted octanol–water partition coefficient (Wildman–Crippen LogP) is 2.29. The van der Waals surface area contributed by atoms with Gasteiger partial charge in [0.25, 0.3) is 0 Å². The highest BCUT2D eigenvalue weighted by Gasteiger charge is 2.29. The molecule has 1 rings (SSSR count). The minimum atomic E-state index is -0.720. The van der Waals surface area contributed by atoms with Crippen molar-refractivity contribution in [1.29, 1.82) is 0 Å². The van der Waals surface area contributed by atoms with Crippen molar-refractivity contribution in [3.8, 4) is 0 Å². The first-order valence-electron chi connectivity index (χ1n) is 6.92. The lowest BCUT2D eigenvalue weighted by Crippen LogP contribution is -2.37. The summed E-state index contributed by atoms with van der Waals surface area (Å²) in [6, 6.07) is 0. The van der Waals surface area contributed by atoms with E-state index in [2.05, 4.69) is 26.1 Å². The van der Waals surface area contributed by atoms with E-state index in [0.29, 0.717) is 37.5 Å². The van der Waals surface area contributed by atoms with Crippen molar-refractivity contribution >= 4 is 11.9 Å². The van der Waals surface area contributed by atoms with Gasteiger partial charge in [-0.15, -0.1) is 0 Å². The summed E-state index contributed by atoms with van der Waals surface area (Å²) in [5.41, 5.74) is 0. The Hall–Kier alpha value is -1.06. The summed E-state index contributed by atoms with van der Waals surface area (Å²) in [6.07, 6.45) is 2.68. The fraction of sp³-hybridized carbons (Fsp3) is 0.857. The van der Waals surface area contributed by atoms with Crippen molar-refractivity contribution in [2.45, 2.75) is 46.5 Å². The summed E-state index contributed by atoms with van der Waals surface area (Å²) < 4.78 is 0. The van der Waals surface area contributed by atoms with Gasteiger partial charge in [0, 0.05) is 12.5 Å². The Morgan fingerprint density at radius 3 is 2.06 bits per heavy atom. The zero-order valence-electron chi connectivity index (χ0n) is 11.6. The number of carbonyl (C=O) groups is 2. The number of aliphatic carboxylic acids is 1. The predicted molar refractivity (Wildman–Crippen MR) is 70.1 cm³/mol. The summed E-state index contributed by atoms with van der Waals surface area (Å²) in [6.45, 7) is 7.14. The third-order valence-electron chi connectivity index (χ3n) is 4.18. The molecule has 0 bridgehead atoms. The first-order valence-corrected chi connectivity index (χ1v) is 6.92. The van der Waals surface area contributed by atoms with Gasteiger partial charge in [-0.25, -0.2) is 0 Å². The van der Waals surface area contributed by atoms with Crippen molar-refractivity contribution in [3.63, 3.8) is 0 Å². The lowest BCUT2D eigenvalue weighted by Gasteiger charge is -2.26. The van der Waals surface area contributed by atoms with Crippen LogP contribution >= 0.6 is 0 Å². The number of nitrogens with one attached hydrogen (secondary N) is 1. The Morgan fingerprint density at radius 2 is 1.61 bits per heavy atom. The number of carboxylic acids is 1. The van der Waals surface area contributed by atoms with E-state index in [-0.39, 0.29) is 17.7 Å². The lowest BCUT2D eigenvalue weighted by atomic mass is 9.81. The van der Waals surface area contributed by atoms with Crippen LogP contribution in [0.15, 0.2) is 0 Å². The topological polar surface area (TPSA) is 66.4 Å². The smallest absolute Gasteiger partial charge is 0.306 e. The maximum atomic E-state index is 11.9. The summed E-state index contributed by atoms with van der Waals surface area (Å²) in [5.74, 6) is 0.189. The second-order valence-corrected chi connectivity index (χ2v) is 5.85. The first-order chi connectivity index (χ1) is 8.41. The molecule has 2 N–H and O–H groups in total. The van der Waals surface area contributed by atoms with E-state index in [1.54, 1.807) is 0 Å². The van der Waals surface area contributed by atoms with Gasteiger partial charge in [0.15, 0.2) is 0 Å². The van der Waals surface area contributed by atoms with Crippen LogP contribution in [0.4, 0.5) is 0 Å². The third-order valence-corrected chi connectivity index (χ3v) is 4.18. The maximum absolute atomic E-state index is 11.9. The number of amides is 1. The van der Waals surface area contributed by atoms with Crippen LogP contribution in [0, 0.1) is 23.7 Å². The standard InChI is InChI=1S/C14H25NO3/c1-9(2)10(3)8-15-13(16)11-4-6-12(7-5-11)14(17)18/h9-12H,4-8H2,1-3H3,(H,15,16)(H,17,18). The molecule has 0 saturated heterocycles. The van der Waals surface area contributed by atoms with Gasteiger partial charge in [-0.05, 0) is 37.5 Å². The quantitative estimate of drug-likeness (QED) is 0.792. The number of carbonyl (C=O) groups excluding carboxylic acids is 1. The minimum Gasteiger partial charge on any atom is -0.481 e. The highest BCUT2D eigenvalue weighted by atomic mass is 16.4. The van der Waals surface area contributed by atoms with E-state index < -0.39 is 5.97 Å². The van der Waals surface area contributed by atoms with Crippen molar-refractivity contribution in [3.05, 3.63) is 0 Å². The zero-order valence-corrected chi connectivity index (χ0v) is 11.6. The Kier molecular flexibility index (Phi) is 5.63. The molecule has 1 aliphatic rings. The summed E-state index contributed by atoms with van der Waals surface area (Å²) in [7, 11) is 0. The third kappa shape index (κ3) is 4.31. The van der Waals surface area contributed by atoms with Gasteiger partial charge in [0.1, 0.15) is 0 Å². The number of hydrogen-bond acceptors (Lipinski definition) is 2. The largest absolute Gasteiger partial charge is 0.481 e. The fourth-order valence-electron chi connectivity index (χ4n) is 2.24. The molecule has 1 aliphatic carbocycles. The molecule has 0 aromatic carbocycles. The van der Waals surface area contributed by atoms with Gasteiger partial charge >= 0.3 is 5.97 Å². The molecule has 0 heterocycles. The van der Waals surface area contributed by atoms with Crippen LogP contribution < -0.4 is 5.32 Å². The number of carboxylic acid groups (broad SMARTS) is 1. The minimum absolute atomic E-state index is 0.0139. The molecule has 0 radical (unpaired) electrons. The van der Waals surface area contributed by atoms with Crippen molar-refractivity contribution < 1.29 is 14.7 Å². The van der Waals surface area contributed by atoms with Crippen LogP contribution in [0.2, 0.25) is 0 Å². The highest BCUT2D eigenvalue weighted by Crippen LogP contribution is 2.29. The van der Waals surface area contributed by atoms with Gasteiger partial charge in [-0.2, -0.15) is 0 Å². The Morgan fingerprint density at radius 1 is 1.11 bits per heavy atom. The van der Waals surface area contributed by atoms with Gasteiger partial charge in [0.2, 0.25) is 5.91 Å². The Balaban J connectivity index is 2.30. The fourth-order valence-corrected chi connectivity index (χ4v) is 2.24. The van der Waals surface area contributed by atoms with Crippen molar-refractivity contribution in [1.82, 2.24) is 5.32 Å². The van der Waals surface area contributed by atoms with Crippen molar-refractivity contribution in [2.24, 2.45) is 23.7 Å². The SMILES string of the molecule is CC(C)C(C)CNC(=O)C1CCC(C(=O)O)CC1. The first kappa shape index (κ1) is 15.0. The monoisotopic (exact) mass is 255 g/mol. The average Bonchev–Trinajstić information content (AvgIpc) is 2.35. The molecule has 1 amide bonds. The van der Waals surface area contributed by atoms with Crippen LogP contribution in [0.3, 0.4) is 0 Å². The van der Waals surface area contributed by atoms with Crippen LogP contribution in [-0.4, -0.2) is 23.5 Å².